The van der Waals surface area contributed by atoms with Crippen LogP contribution in [0.15, 0.2) is 0 Å². The van der Waals surface area contributed by atoms with Crippen LogP contribution in [-0.2, 0) is 14.3 Å². The molecular weight excluding hydrogens is 322 g/mol. The fourth-order valence-corrected chi connectivity index (χ4v) is 2.75. The van der Waals surface area contributed by atoms with E-state index in [-0.39, 0.29) is 19.4 Å². The van der Waals surface area contributed by atoms with Gasteiger partial charge in [0.05, 0.1) is 19.1 Å². The minimum atomic E-state index is -1.69. The summed E-state index contributed by atoms with van der Waals surface area (Å²) in [6.45, 7) is 0.876. The van der Waals surface area contributed by atoms with Crippen LogP contribution in [0.1, 0.15) is 26.2 Å². The quantitative estimate of drug-likeness (QED) is 0.256. The number of hydrogen-bond acceptors (Lipinski definition) is 8. The molecule has 1 fully saturated rings. The summed E-state index contributed by atoms with van der Waals surface area (Å²) in [7, 11) is 0. The van der Waals surface area contributed by atoms with Crippen LogP contribution in [0.5, 0.6) is 0 Å². The number of carbonyl (C=O) groups excluding carboxylic acids is 1. The highest BCUT2D eigenvalue weighted by Crippen LogP contribution is 2.34. The summed E-state index contributed by atoms with van der Waals surface area (Å²) in [5.74, 6) is -1.75. The minimum Gasteiger partial charge on any atom is -0.481 e. The van der Waals surface area contributed by atoms with Crippen LogP contribution < -0.4 is 11.5 Å². The molecule has 2 unspecified atom stereocenters. The second kappa shape index (κ2) is 8.70. The topological polar surface area (TPSA) is 180 Å². The molecule has 0 radical (unpaired) electrons. The minimum absolute atomic E-state index is 0.261. The zero-order chi connectivity index (χ0) is 18.5. The fourth-order valence-electron chi connectivity index (χ4n) is 2.75. The Labute approximate surface area is 140 Å². The van der Waals surface area contributed by atoms with Crippen molar-refractivity contribution in [3.8, 4) is 0 Å². The van der Waals surface area contributed by atoms with Crippen LogP contribution in [0, 0.1) is 0 Å². The number of carboxylic acid groups (broad SMARTS) is 1. The molecule has 1 aliphatic rings. The predicted molar refractivity (Wildman–Crippen MR) is 82.6 cm³/mol. The lowest BCUT2D eigenvalue weighted by molar-refractivity contribution is -0.190. The summed E-state index contributed by atoms with van der Waals surface area (Å²) in [4.78, 5) is 24.5. The van der Waals surface area contributed by atoms with Crippen molar-refractivity contribution in [1.29, 1.82) is 0 Å². The van der Waals surface area contributed by atoms with E-state index in [2.05, 4.69) is 0 Å². The molecule has 140 valence electrons. The number of aliphatic hydroxyl groups is 3. The number of carbonyl (C=O) groups is 2. The van der Waals surface area contributed by atoms with Gasteiger partial charge in [-0.15, -0.1) is 0 Å². The number of hydrogen-bond donors (Lipinski definition) is 6. The summed E-state index contributed by atoms with van der Waals surface area (Å²) >= 11 is 0. The van der Waals surface area contributed by atoms with Crippen LogP contribution in [0.2, 0.25) is 0 Å². The SMILES string of the molecule is CC1(N(CCC(=O)O)C(=O)C(N)CCCN)O[C@H](CO)[C@@H](O)[C@@H]1O. The zero-order valence-electron chi connectivity index (χ0n) is 13.7. The maximum absolute atomic E-state index is 12.6. The Morgan fingerprint density at radius 3 is 2.46 bits per heavy atom. The Morgan fingerprint density at radius 2 is 2.00 bits per heavy atom. The lowest BCUT2D eigenvalue weighted by Gasteiger charge is -2.41. The standard InChI is InChI=1S/C14H27N3O7/c1-14(12(22)11(21)9(7-18)24-14)17(6-4-10(19)20)13(23)8(16)3-2-5-15/h8-9,11-12,18,21-22H,2-7,15-16H2,1H3,(H,19,20)/t8?,9-,11-,12+,14?/m1/s1. The maximum atomic E-state index is 12.6. The largest absolute Gasteiger partial charge is 0.481 e. The molecule has 10 nitrogen and oxygen atoms in total. The molecule has 8 N–H and O–H groups in total. The lowest BCUT2D eigenvalue weighted by Crippen LogP contribution is -2.60. The van der Waals surface area contributed by atoms with E-state index < -0.39 is 48.6 Å². The maximum Gasteiger partial charge on any atom is 0.305 e. The molecule has 0 aliphatic carbocycles. The summed E-state index contributed by atoms with van der Waals surface area (Å²) in [6.07, 6.45) is -3.63. The van der Waals surface area contributed by atoms with Gasteiger partial charge in [0.2, 0.25) is 5.91 Å². The smallest absolute Gasteiger partial charge is 0.305 e. The molecule has 0 saturated carbocycles. The van der Waals surface area contributed by atoms with Crippen molar-refractivity contribution in [3.05, 3.63) is 0 Å². The van der Waals surface area contributed by atoms with E-state index in [0.717, 1.165) is 4.90 Å². The highest BCUT2D eigenvalue weighted by molar-refractivity contribution is 5.82. The molecule has 24 heavy (non-hydrogen) atoms. The number of aliphatic hydroxyl groups excluding tert-OH is 3. The fraction of sp³-hybridized carbons (Fsp3) is 0.857. The third-order valence-corrected chi connectivity index (χ3v) is 4.21. The van der Waals surface area contributed by atoms with E-state index in [1.807, 2.05) is 0 Å². The van der Waals surface area contributed by atoms with Gasteiger partial charge >= 0.3 is 5.97 Å². The van der Waals surface area contributed by atoms with Crippen molar-refractivity contribution in [2.75, 3.05) is 19.7 Å². The molecule has 1 saturated heterocycles. The van der Waals surface area contributed by atoms with E-state index in [1.165, 1.54) is 6.92 Å². The lowest BCUT2D eigenvalue weighted by atomic mass is 10.0. The van der Waals surface area contributed by atoms with E-state index in [0.29, 0.717) is 13.0 Å². The molecule has 1 amide bonds. The highest BCUT2D eigenvalue weighted by Gasteiger charge is 2.55. The van der Waals surface area contributed by atoms with Gasteiger partial charge in [-0.1, -0.05) is 0 Å². The summed E-state index contributed by atoms with van der Waals surface area (Å²) in [5, 5.41) is 38.3. The van der Waals surface area contributed by atoms with Crippen molar-refractivity contribution in [3.63, 3.8) is 0 Å². The van der Waals surface area contributed by atoms with Gasteiger partial charge in [-0.05, 0) is 26.3 Å². The van der Waals surface area contributed by atoms with Crippen molar-refractivity contribution < 1.29 is 34.8 Å². The van der Waals surface area contributed by atoms with E-state index in [9.17, 15) is 24.9 Å². The monoisotopic (exact) mass is 349 g/mol. The van der Waals surface area contributed by atoms with Gasteiger partial charge in [0, 0.05) is 6.54 Å². The number of ether oxygens (including phenoxy) is 1. The van der Waals surface area contributed by atoms with Crippen molar-refractivity contribution >= 4 is 11.9 Å². The van der Waals surface area contributed by atoms with Gasteiger partial charge in [-0.2, -0.15) is 0 Å². The molecule has 0 aromatic rings. The summed E-state index contributed by atoms with van der Waals surface area (Å²) in [5.41, 5.74) is 9.54. The normalized spacial score (nSPS) is 31.0. The predicted octanol–water partition coefficient (Wildman–Crippen LogP) is -2.81. The average molecular weight is 349 g/mol. The van der Waals surface area contributed by atoms with Crippen LogP contribution in [-0.4, -0.2) is 87.0 Å². The number of amides is 1. The first kappa shape index (κ1) is 20.7. The van der Waals surface area contributed by atoms with Crippen molar-refractivity contribution in [1.82, 2.24) is 4.90 Å². The molecule has 0 spiro atoms. The average Bonchev–Trinajstić information content (AvgIpc) is 2.76. The Hall–Kier alpha value is -1.30. The van der Waals surface area contributed by atoms with Crippen molar-refractivity contribution in [2.24, 2.45) is 11.5 Å². The molecule has 1 rings (SSSR count). The van der Waals surface area contributed by atoms with Gasteiger partial charge in [0.15, 0.2) is 5.72 Å². The molecule has 10 heteroatoms. The Bertz CT molecular complexity index is 450. The van der Waals surface area contributed by atoms with Crippen LogP contribution in [0.25, 0.3) is 0 Å². The highest BCUT2D eigenvalue weighted by atomic mass is 16.6. The molecular formula is C14H27N3O7. The number of aliphatic carboxylic acids is 1. The Morgan fingerprint density at radius 1 is 1.38 bits per heavy atom. The Balaban J connectivity index is 3.04. The van der Waals surface area contributed by atoms with E-state index in [1.54, 1.807) is 0 Å². The zero-order valence-corrected chi connectivity index (χ0v) is 13.7. The van der Waals surface area contributed by atoms with Crippen LogP contribution in [0.3, 0.4) is 0 Å². The van der Waals surface area contributed by atoms with Gasteiger partial charge in [-0.3, -0.25) is 9.59 Å². The van der Waals surface area contributed by atoms with Crippen LogP contribution in [0.4, 0.5) is 0 Å². The molecule has 1 heterocycles. The second-order valence-corrected chi connectivity index (χ2v) is 6.00. The van der Waals surface area contributed by atoms with Crippen LogP contribution >= 0.6 is 0 Å². The third kappa shape index (κ3) is 4.41. The number of rotatable bonds is 9. The van der Waals surface area contributed by atoms with Gasteiger partial charge in [0.1, 0.15) is 18.3 Å². The number of carboxylic acids is 1. The first-order chi connectivity index (χ1) is 11.2. The van der Waals surface area contributed by atoms with Crippen molar-refractivity contribution in [2.45, 2.75) is 56.3 Å². The van der Waals surface area contributed by atoms with Gasteiger partial charge in [0.25, 0.3) is 0 Å². The number of nitrogens with two attached hydrogens (primary N) is 2. The van der Waals surface area contributed by atoms with E-state index in [4.69, 9.17) is 21.3 Å². The molecule has 0 aromatic carbocycles. The van der Waals surface area contributed by atoms with Gasteiger partial charge in [-0.25, -0.2) is 0 Å². The molecule has 1 aliphatic heterocycles. The first-order valence-electron chi connectivity index (χ1n) is 7.82. The summed E-state index contributed by atoms with van der Waals surface area (Å²) < 4.78 is 5.47. The second-order valence-electron chi connectivity index (χ2n) is 6.00. The molecule has 0 aromatic heterocycles. The third-order valence-electron chi connectivity index (χ3n) is 4.21. The summed E-state index contributed by atoms with van der Waals surface area (Å²) in [6, 6.07) is -0.944. The van der Waals surface area contributed by atoms with E-state index >= 15 is 0 Å². The molecule has 0 bridgehead atoms. The Kier molecular flexibility index (Phi) is 7.52. The number of nitrogens with zero attached hydrogens (tertiary/aromatic N) is 1. The first-order valence-corrected chi connectivity index (χ1v) is 7.82. The van der Waals surface area contributed by atoms with Gasteiger partial charge < -0.3 is 41.5 Å². The molecule has 5 atom stereocenters.